The minimum atomic E-state index is -0.370. The van der Waals surface area contributed by atoms with Gasteiger partial charge in [-0.05, 0) is 12.1 Å². The van der Waals surface area contributed by atoms with E-state index in [9.17, 15) is 0 Å². The van der Waals surface area contributed by atoms with Crippen LogP contribution in [-0.2, 0) is 0 Å². The summed E-state index contributed by atoms with van der Waals surface area (Å²) in [5.41, 5.74) is 15.7. The molecule has 0 bridgehead atoms. The van der Waals surface area contributed by atoms with Crippen molar-refractivity contribution in [1.82, 2.24) is 21.9 Å². The Morgan fingerprint density at radius 3 is 2.18 bits per heavy atom. The largest absolute Gasteiger partial charge is 0.276 e. The Balaban J connectivity index is 1.79. The first-order chi connectivity index (χ1) is 10.9. The van der Waals surface area contributed by atoms with Crippen LogP contribution >= 0.6 is 0 Å². The molecular formula is C14H16N8. The zero-order valence-corrected chi connectivity index (χ0v) is 11.7. The first-order valence-corrected chi connectivity index (χ1v) is 6.78. The van der Waals surface area contributed by atoms with Crippen molar-refractivity contribution in [2.45, 2.75) is 6.29 Å². The molecule has 1 saturated heterocycles. The Bertz CT molecular complexity index is 634. The molecule has 0 spiro atoms. The third-order valence-electron chi connectivity index (χ3n) is 2.84. The number of benzene rings is 2. The molecule has 112 valence electrons. The van der Waals surface area contributed by atoms with Gasteiger partial charge in [-0.25, -0.2) is 10.9 Å². The van der Waals surface area contributed by atoms with Gasteiger partial charge in [-0.2, -0.15) is 16.2 Å². The number of hydrazine groups is 3. The molecule has 8 heteroatoms. The summed E-state index contributed by atoms with van der Waals surface area (Å²) in [5.74, 6) is 0.486. The van der Waals surface area contributed by atoms with Crippen LogP contribution in [0.4, 0.5) is 5.69 Å². The predicted octanol–water partition coefficient (Wildman–Crippen LogP) is 1.31. The maximum absolute atomic E-state index is 4.34. The van der Waals surface area contributed by atoms with Crippen LogP contribution in [0.15, 0.2) is 76.0 Å². The van der Waals surface area contributed by atoms with E-state index in [1.807, 2.05) is 60.7 Å². The van der Waals surface area contributed by atoms with Crippen molar-refractivity contribution in [3.8, 4) is 0 Å². The van der Waals surface area contributed by atoms with Gasteiger partial charge in [0, 0.05) is 5.56 Å². The summed E-state index contributed by atoms with van der Waals surface area (Å²) < 4.78 is 0. The van der Waals surface area contributed by atoms with Crippen molar-refractivity contribution in [2.24, 2.45) is 15.3 Å². The van der Waals surface area contributed by atoms with Gasteiger partial charge in [-0.15, -0.1) is 10.2 Å². The SMILES string of the molecule is c1ccc(N/N=C(\N=NC2NNNN2)c2ccccc2)cc1. The van der Waals surface area contributed by atoms with Gasteiger partial charge >= 0.3 is 0 Å². The summed E-state index contributed by atoms with van der Waals surface area (Å²) >= 11 is 0. The number of anilines is 1. The molecule has 1 aliphatic rings. The van der Waals surface area contributed by atoms with E-state index in [1.54, 1.807) is 0 Å². The molecule has 0 unspecified atom stereocenters. The van der Waals surface area contributed by atoms with E-state index in [4.69, 9.17) is 0 Å². The Kier molecular flexibility index (Phi) is 4.80. The van der Waals surface area contributed by atoms with E-state index >= 15 is 0 Å². The molecule has 0 amide bonds. The quantitative estimate of drug-likeness (QED) is 0.254. The highest BCUT2D eigenvalue weighted by molar-refractivity contribution is 5.99. The lowest BCUT2D eigenvalue weighted by Crippen LogP contribution is -2.33. The van der Waals surface area contributed by atoms with E-state index in [0.717, 1.165) is 11.3 Å². The molecule has 2 aromatic carbocycles. The Labute approximate surface area is 127 Å². The lowest BCUT2D eigenvalue weighted by atomic mass is 10.2. The highest BCUT2D eigenvalue weighted by atomic mass is 15.8. The second-order valence-electron chi connectivity index (χ2n) is 4.44. The highest BCUT2D eigenvalue weighted by Crippen LogP contribution is 2.08. The Hall–Kier alpha value is -2.65. The van der Waals surface area contributed by atoms with Gasteiger partial charge in [0.05, 0.1) is 5.69 Å². The van der Waals surface area contributed by atoms with Gasteiger partial charge in [-0.1, -0.05) is 48.5 Å². The molecule has 0 atom stereocenters. The fourth-order valence-corrected chi connectivity index (χ4v) is 1.78. The monoisotopic (exact) mass is 296 g/mol. The third-order valence-corrected chi connectivity index (χ3v) is 2.84. The molecule has 3 rings (SSSR count). The Morgan fingerprint density at radius 1 is 0.864 bits per heavy atom. The number of hydrogen-bond donors (Lipinski definition) is 5. The maximum atomic E-state index is 4.34. The number of amidine groups is 1. The first kappa shape index (κ1) is 14.3. The van der Waals surface area contributed by atoms with E-state index in [-0.39, 0.29) is 6.29 Å². The van der Waals surface area contributed by atoms with Gasteiger partial charge in [0.2, 0.25) is 12.1 Å². The number of hydrazone groups is 1. The van der Waals surface area contributed by atoms with Crippen molar-refractivity contribution < 1.29 is 0 Å². The zero-order valence-electron chi connectivity index (χ0n) is 11.7. The minimum absolute atomic E-state index is 0.370. The fourth-order valence-electron chi connectivity index (χ4n) is 1.78. The number of rotatable bonds is 4. The predicted molar refractivity (Wildman–Crippen MR) is 84.2 cm³/mol. The second-order valence-corrected chi connectivity index (χ2v) is 4.44. The zero-order chi connectivity index (χ0) is 15.0. The molecule has 0 saturated carbocycles. The maximum Gasteiger partial charge on any atom is 0.201 e. The van der Waals surface area contributed by atoms with Gasteiger partial charge in [0.1, 0.15) is 0 Å². The molecule has 22 heavy (non-hydrogen) atoms. The smallest absolute Gasteiger partial charge is 0.201 e. The standard InChI is InChI=1S/C14H16N8/c1-3-7-11(8-4-1)13(17-18-14-19-21-22-20-14)16-15-12-9-5-2-6-10-12/h1-10,14-15,19-22H/b16-13-,18-17?. The van der Waals surface area contributed by atoms with E-state index in [0.29, 0.717) is 5.84 Å². The molecule has 5 N–H and O–H groups in total. The molecule has 2 aromatic rings. The Morgan fingerprint density at radius 2 is 1.50 bits per heavy atom. The third kappa shape index (κ3) is 3.93. The van der Waals surface area contributed by atoms with Crippen LogP contribution in [-0.4, -0.2) is 12.1 Å². The number of nitrogens with zero attached hydrogens (tertiary/aromatic N) is 3. The number of para-hydroxylation sites is 1. The summed E-state index contributed by atoms with van der Waals surface area (Å²) in [6.07, 6.45) is -0.370. The minimum Gasteiger partial charge on any atom is -0.276 e. The van der Waals surface area contributed by atoms with Gasteiger partial charge in [0.15, 0.2) is 0 Å². The summed E-state index contributed by atoms with van der Waals surface area (Å²) in [4.78, 5) is 0. The lowest BCUT2D eigenvalue weighted by molar-refractivity contribution is 0.528. The highest BCUT2D eigenvalue weighted by Gasteiger charge is 2.11. The van der Waals surface area contributed by atoms with Crippen molar-refractivity contribution in [1.29, 1.82) is 0 Å². The number of azo groups is 1. The average Bonchev–Trinajstić information content (AvgIpc) is 3.10. The molecule has 0 aliphatic carbocycles. The molecular weight excluding hydrogens is 280 g/mol. The summed E-state index contributed by atoms with van der Waals surface area (Å²) in [7, 11) is 0. The first-order valence-electron chi connectivity index (χ1n) is 6.78. The lowest BCUT2D eigenvalue weighted by Gasteiger charge is -2.04. The van der Waals surface area contributed by atoms with Crippen molar-refractivity contribution >= 4 is 11.5 Å². The van der Waals surface area contributed by atoms with Crippen LogP contribution in [0.1, 0.15) is 5.56 Å². The van der Waals surface area contributed by atoms with E-state index < -0.39 is 0 Å². The molecule has 0 aromatic heterocycles. The molecule has 8 nitrogen and oxygen atoms in total. The van der Waals surface area contributed by atoms with Crippen LogP contribution in [0.5, 0.6) is 0 Å². The topological polar surface area (TPSA) is 97.2 Å². The summed E-state index contributed by atoms with van der Waals surface area (Å²) in [5, 5.41) is 12.7. The fraction of sp³-hybridized carbons (Fsp3) is 0.0714. The van der Waals surface area contributed by atoms with Gasteiger partial charge < -0.3 is 0 Å². The second kappa shape index (κ2) is 7.38. The van der Waals surface area contributed by atoms with Crippen molar-refractivity contribution in [3.05, 3.63) is 66.2 Å². The van der Waals surface area contributed by atoms with Crippen LogP contribution in [0.2, 0.25) is 0 Å². The normalized spacial score (nSPS) is 16.3. The van der Waals surface area contributed by atoms with E-state index in [1.165, 1.54) is 0 Å². The molecule has 1 fully saturated rings. The van der Waals surface area contributed by atoms with Crippen LogP contribution in [0.3, 0.4) is 0 Å². The van der Waals surface area contributed by atoms with Crippen LogP contribution in [0.25, 0.3) is 0 Å². The molecule has 1 aliphatic heterocycles. The summed E-state index contributed by atoms with van der Waals surface area (Å²) in [6.45, 7) is 0. The summed E-state index contributed by atoms with van der Waals surface area (Å²) in [6, 6.07) is 19.3. The molecule has 1 heterocycles. The number of nitrogens with one attached hydrogen (secondary N) is 5. The average molecular weight is 296 g/mol. The molecule has 0 radical (unpaired) electrons. The van der Waals surface area contributed by atoms with Gasteiger partial charge in [0.25, 0.3) is 0 Å². The van der Waals surface area contributed by atoms with Crippen molar-refractivity contribution in [2.75, 3.05) is 5.43 Å². The van der Waals surface area contributed by atoms with Gasteiger partial charge in [-0.3, -0.25) is 5.43 Å². The van der Waals surface area contributed by atoms with Crippen LogP contribution < -0.4 is 27.3 Å². The van der Waals surface area contributed by atoms with E-state index in [2.05, 4.69) is 42.7 Å². The van der Waals surface area contributed by atoms with Crippen LogP contribution in [0, 0.1) is 0 Å². The number of hydrogen-bond acceptors (Lipinski definition) is 7. The van der Waals surface area contributed by atoms with Crippen molar-refractivity contribution in [3.63, 3.8) is 0 Å².